The molecule has 0 spiro atoms. The minimum atomic E-state index is -3.96. The first-order valence-corrected chi connectivity index (χ1v) is 12.9. The Balaban J connectivity index is 1.73. The predicted molar refractivity (Wildman–Crippen MR) is 129 cm³/mol. The van der Waals surface area contributed by atoms with Crippen molar-refractivity contribution < 1.29 is 17.5 Å². The van der Waals surface area contributed by atoms with Gasteiger partial charge in [-0.15, -0.1) is 0 Å². The van der Waals surface area contributed by atoms with E-state index in [-0.39, 0.29) is 5.75 Å². The third-order valence-electron chi connectivity index (χ3n) is 5.02. The molecule has 1 aromatic heterocycles. The summed E-state index contributed by atoms with van der Waals surface area (Å²) in [5, 5.41) is 9.56. The van der Waals surface area contributed by atoms with Crippen LogP contribution in [0.25, 0.3) is 0 Å². The molecule has 1 heterocycles. The van der Waals surface area contributed by atoms with Crippen molar-refractivity contribution in [2.45, 2.75) is 40.3 Å². The van der Waals surface area contributed by atoms with Crippen LogP contribution in [0.15, 0.2) is 65.0 Å². The number of aromatic nitrogens is 1. The molecule has 0 aliphatic heterocycles. The molecule has 0 amide bonds. The molecule has 0 saturated heterocycles. The third kappa shape index (κ3) is 6.94. The van der Waals surface area contributed by atoms with Crippen LogP contribution in [-0.4, -0.2) is 25.3 Å². The molecule has 0 atom stereocenters. The van der Waals surface area contributed by atoms with Gasteiger partial charge in [-0.1, -0.05) is 30.3 Å². The number of aryl methyl sites for hydroxylation is 3. The van der Waals surface area contributed by atoms with E-state index in [2.05, 4.69) is 58.5 Å². The Kier molecular flexibility index (Phi) is 8.11. The highest BCUT2D eigenvalue weighted by Gasteiger charge is 2.16. The van der Waals surface area contributed by atoms with Gasteiger partial charge in [0.1, 0.15) is 11.9 Å². The van der Waals surface area contributed by atoms with E-state index >= 15 is 0 Å². The Morgan fingerprint density at radius 3 is 2.50 bits per heavy atom. The lowest BCUT2D eigenvalue weighted by Crippen LogP contribution is -2.32. The van der Waals surface area contributed by atoms with Crippen molar-refractivity contribution in [3.8, 4) is 0 Å². The Hall–Kier alpha value is -2.62. The van der Waals surface area contributed by atoms with Crippen LogP contribution in [0, 0.1) is 13.8 Å². The molecule has 0 aliphatic rings. The number of benzene rings is 2. The quantitative estimate of drug-likeness (QED) is 0.244. The molecule has 3 rings (SSSR count). The maximum Gasteiger partial charge on any atom is 0.408 e. The molecule has 0 saturated carbocycles. The number of hydrogen-bond acceptors (Lipinski definition) is 6. The van der Waals surface area contributed by atoms with Crippen LogP contribution in [0.3, 0.4) is 0 Å². The molecule has 9 heteroatoms. The molecule has 170 valence electrons. The van der Waals surface area contributed by atoms with Gasteiger partial charge in [0.15, 0.2) is 0 Å². The van der Waals surface area contributed by atoms with E-state index in [1.54, 1.807) is 0 Å². The second kappa shape index (κ2) is 10.8. The van der Waals surface area contributed by atoms with Gasteiger partial charge < -0.3 is 4.90 Å². The summed E-state index contributed by atoms with van der Waals surface area (Å²) in [6, 6.07) is 16.6. The Morgan fingerprint density at radius 2 is 1.84 bits per heavy atom. The first-order chi connectivity index (χ1) is 15.2. The lowest BCUT2D eigenvalue weighted by Gasteiger charge is -2.23. The maximum absolute atomic E-state index is 11.0. The van der Waals surface area contributed by atoms with E-state index < -0.39 is 10.1 Å². The highest BCUT2D eigenvalue weighted by Crippen LogP contribution is 2.28. The standard InChI is InChI=1S/C23H28N4O3S2/c1-4-26(17-20-9-6-5-7-10-20)21-11-12-22(18(2)15-21)24-25-23-27(16-19(3)31-23)13-8-14-32(28,29)30/h5-7,9-12,15-16H,4,8,13-14,17H2,1-3H3/p+1. The fraction of sp³-hybridized carbons (Fsp3) is 0.348. The molecular formula is C23H29N4O3S2+. The number of hydrogen-bond donors (Lipinski definition) is 1. The van der Waals surface area contributed by atoms with E-state index in [0.29, 0.717) is 18.1 Å². The van der Waals surface area contributed by atoms with Gasteiger partial charge >= 0.3 is 5.13 Å². The molecule has 1 N–H and O–H groups in total. The van der Waals surface area contributed by atoms with E-state index in [4.69, 9.17) is 4.55 Å². The van der Waals surface area contributed by atoms with E-state index in [0.717, 1.165) is 34.9 Å². The maximum atomic E-state index is 11.0. The average molecular weight is 474 g/mol. The zero-order chi connectivity index (χ0) is 23.1. The van der Waals surface area contributed by atoms with E-state index in [1.807, 2.05) is 36.7 Å². The van der Waals surface area contributed by atoms with Gasteiger partial charge in [0.05, 0.1) is 17.4 Å². The molecule has 0 unspecified atom stereocenters. The number of anilines is 1. The topological polar surface area (TPSA) is 86.2 Å². The number of rotatable bonds is 10. The Morgan fingerprint density at radius 1 is 1.09 bits per heavy atom. The monoisotopic (exact) mass is 473 g/mol. The molecule has 0 aliphatic carbocycles. The fourth-order valence-electron chi connectivity index (χ4n) is 3.39. The van der Waals surface area contributed by atoms with Gasteiger partial charge in [-0.25, -0.2) is 4.57 Å². The average Bonchev–Trinajstić information content (AvgIpc) is 3.10. The van der Waals surface area contributed by atoms with Gasteiger partial charge in [0.25, 0.3) is 10.1 Å². The predicted octanol–water partition coefficient (Wildman–Crippen LogP) is 5.37. The largest absolute Gasteiger partial charge is 0.408 e. The smallest absolute Gasteiger partial charge is 0.367 e. The molecule has 3 aromatic rings. The van der Waals surface area contributed by atoms with Gasteiger partial charge in [0, 0.05) is 30.1 Å². The van der Waals surface area contributed by atoms with Gasteiger partial charge in [-0.2, -0.15) is 8.42 Å². The van der Waals surface area contributed by atoms with Crippen LogP contribution in [0.1, 0.15) is 29.3 Å². The van der Waals surface area contributed by atoms with Crippen LogP contribution in [0.2, 0.25) is 0 Å². The van der Waals surface area contributed by atoms with Gasteiger partial charge in [0.2, 0.25) is 0 Å². The fourth-order valence-corrected chi connectivity index (χ4v) is 4.70. The van der Waals surface area contributed by atoms with Crippen molar-refractivity contribution in [3.63, 3.8) is 0 Å². The first-order valence-electron chi connectivity index (χ1n) is 10.5. The number of thiazole rings is 1. The Bertz CT molecular complexity index is 1180. The SMILES string of the molecule is CCN(Cc1ccccc1)c1ccc(N=Nc2sc(C)c[n+]2CCCS(=O)(=O)O)c(C)c1. The summed E-state index contributed by atoms with van der Waals surface area (Å²) >= 11 is 1.49. The summed E-state index contributed by atoms with van der Waals surface area (Å²) in [7, 11) is -3.96. The lowest BCUT2D eigenvalue weighted by molar-refractivity contribution is -0.680. The highest BCUT2D eigenvalue weighted by atomic mass is 32.2. The van der Waals surface area contributed by atoms with Gasteiger partial charge in [-0.3, -0.25) is 4.55 Å². The Labute approximate surface area is 193 Å². The second-order valence-electron chi connectivity index (χ2n) is 7.63. The summed E-state index contributed by atoms with van der Waals surface area (Å²) < 4.78 is 32.7. The van der Waals surface area contributed by atoms with Crippen molar-refractivity contribution in [2.75, 3.05) is 17.2 Å². The van der Waals surface area contributed by atoms with Crippen LogP contribution < -0.4 is 9.47 Å². The highest BCUT2D eigenvalue weighted by molar-refractivity contribution is 7.85. The molecule has 2 aromatic carbocycles. The van der Waals surface area contributed by atoms with Crippen molar-refractivity contribution in [3.05, 3.63) is 70.7 Å². The minimum Gasteiger partial charge on any atom is -0.367 e. The first kappa shape index (κ1) is 24.0. The summed E-state index contributed by atoms with van der Waals surface area (Å²) in [4.78, 5) is 3.37. The number of azo groups is 1. The number of nitrogens with zero attached hydrogens (tertiary/aromatic N) is 4. The summed E-state index contributed by atoms with van der Waals surface area (Å²) in [6.45, 7) is 8.32. The molecule has 0 fully saturated rings. The van der Waals surface area contributed by atoms with Crippen LogP contribution in [0.5, 0.6) is 0 Å². The van der Waals surface area contributed by atoms with E-state index in [1.165, 1.54) is 16.9 Å². The van der Waals surface area contributed by atoms with Crippen molar-refractivity contribution in [1.82, 2.24) is 0 Å². The second-order valence-corrected chi connectivity index (χ2v) is 10.4. The van der Waals surface area contributed by atoms with Crippen LogP contribution in [0.4, 0.5) is 16.5 Å². The van der Waals surface area contributed by atoms with Crippen molar-refractivity contribution in [2.24, 2.45) is 10.2 Å². The van der Waals surface area contributed by atoms with Crippen molar-refractivity contribution >= 4 is 38.0 Å². The van der Waals surface area contributed by atoms with E-state index in [9.17, 15) is 8.42 Å². The normalized spacial score (nSPS) is 11.9. The van der Waals surface area contributed by atoms with Gasteiger partial charge in [-0.05, 0) is 66.5 Å². The van der Waals surface area contributed by atoms with Crippen LogP contribution in [-0.2, 0) is 23.2 Å². The minimum absolute atomic E-state index is 0.275. The molecule has 7 nitrogen and oxygen atoms in total. The summed E-state index contributed by atoms with van der Waals surface area (Å²) in [5.41, 5.74) is 4.23. The van der Waals surface area contributed by atoms with Crippen molar-refractivity contribution in [1.29, 1.82) is 0 Å². The summed E-state index contributed by atoms with van der Waals surface area (Å²) in [5.74, 6) is -0.275. The summed E-state index contributed by atoms with van der Waals surface area (Å²) in [6.07, 6.45) is 2.23. The zero-order valence-corrected chi connectivity index (χ0v) is 20.2. The molecular weight excluding hydrogens is 444 g/mol. The third-order valence-corrected chi connectivity index (χ3v) is 6.75. The zero-order valence-electron chi connectivity index (χ0n) is 18.6. The molecule has 0 radical (unpaired) electrons. The van der Waals surface area contributed by atoms with Crippen LogP contribution >= 0.6 is 11.3 Å². The molecule has 0 bridgehead atoms. The molecule has 32 heavy (non-hydrogen) atoms. The lowest BCUT2D eigenvalue weighted by atomic mass is 10.1.